The summed E-state index contributed by atoms with van der Waals surface area (Å²) in [5.41, 5.74) is 3.72. The monoisotopic (exact) mass is 383 g/mol. The van der Waals surface area contributed by atoms with Crippen molar-refractivity contribution in [2.24, 2.45) is 0 Å². The lowest BCUT2D eigenvalue weighted by molar-refractivity contribution is -0.113. The second kappa shape index (κ2) is 7.28. The lowest BCUT2D eigenvalue weighted by Gasteiger charge is -2.09. The summed E-state index contributed by atoms with van der Waals surface area (Å²) in [6.45, 7) is 4.21. The van der Waals surface area contributed by atoms with Crippen LogP contribution in [-0.4, -0.2) is 38.7 Å². The van der Waals surface area contributed by atoms with E-state index in [9.17, 15) is 4.79 Å². The highest BCUT2D eigenvalue weighted by atomic mass is 32.2. The first-order valence-corrected chi connectivity index (χ1v) is 9.27. The Morgan fingerprint density at radius 3 is 2.93 bits per heavy atom. The van der Waals surface area contributed by atoms with Crippen LogP contribution in [0.25, 0.3) is 5.69 Å². The number of fused-ring (bicyclic) bond motifs is 1. The molecule has 3 aromatic rings. The SMILES string of the molecule is Cc1ccc(C)c(-n2nnnc2SCC(=O)Nc2ccc3c(c2)OCO3)c1. The molecule has 0 aliphatic carbocycles. The molecular formula is C18H17N5O3S. The number of ether oxygens (including phenoxy) is 2. The van der Waals surface area contributed by atoms with Gasteiger partial charge in [-0.15, -0.1) is 5.10 Å². The largest absolute Gasteiger partial charge is 0.454 e. The van der Waals surface area contributed by atoms with Crippen LogP contribution in [0.3, 0.4) is 0 Å². The maximum atomic E-state index is 12.3. The van der Waals surface area contributed by atoms with E-state index >= 15 is 0 Å². The van der Waals surface area contributed by atoms with Gasteiger partial charge in [0.15, 0.2) is 11.5 Å². The van der Waals surface area contributed by atoms with E-state index < -0.39 is 0 Å². The number of thioether (sulfide) groups is 1. The zero-order chi connectivity index (χ0) is 18.8. The number of hydrogen-bond acceptors (Lipinski definition) is 7. The number of amides is 1. The third-order valence-electron chi connectivity index (χ3n) is 4.02. The minimum absolute atomic E-state index is 0.158. The molecule has 2 aromatic carbocycles. The molecule has 27 heavy (non-hydrogen) atoms. The molecule has 9 heteroatoms. The van der Waals surface area contributed by atoms with E-state index in [4.69, 9.17) is 9.47 Å². The number of aromatic nitrogens is 4. The summed E-state index contributed by atoms with van der Waals surface area (Å²) in [7, 11) is 0. The maximum Gasteiger partial charge on any atom is 0.234 e. The van der Waals surface area contributed by atoms with E-state index in [-0.39, 0.29) is 18.5 Å². The minimum Gasteiger partial charge on any atom is -0.454 e. The molecule has 1 aliphatic rings. The molecule has 0 fully saturated rings. The Labute approximate surface area is 159 Å². The van der Waals surface area contributed by atoms with Gasteiger partial charge in [0.25, 0.3) is 0 Å². The molecule has 1 amide bonds. The molecule has 0 saturated heterocycles. The van der Waals surface area contributed by atoms with Crippen molar-refractivity contribution in [3.63, 3.8) is 0 Å². The Balaban J connectivity index is 1.43. The Bertz CT molecular complexity index is 1000. The number of aryl methyl sites for hydroxylation is 2. The standard InChI is InChI=1S/C18H17N5O3S/c1-11-3-4-12(2)14(7-11)23-18(20-21-22-23)27-9-17(24)19-13-5-6-15-16(8-13)26-10-25-15/h3-8H,9-10H2,1-2H3,(H,19,24). The number of carbonyl (C=O) groups excluding carboxylic acids is 1. The molecule has 0 unspecified atom stereocenters. The average molecular weight is 383 g/mol. The summed E-state index contributed by atoms with van der Waals surface area (Å²) in [5.74, 6) is 1.32. The lowest BCUT2D eigenvalue weighted by atomic mass is 10.1. The van der Waals surface area contributed by atoms with Crippen molar-refractivity contribution in [2.45, 2.75) is 19.0 Å². The fraction of sp³-hybridized carbons (Fsp3) is 0.222. The number of tetrazole rings is 1. The quantitative estimate of drug-likeness (QED) is 0.677. The highest BCUT2D eigenvalue weighted by molar-refractivity contribution is 7.99. The molecule has 0 saturated carbocycles. The first kappa shape index (κ1) is 17.3. The predicted molar refractivity (Wildman–Crippen MR) is 101 cm³/mol. The fourth-order valence-electron chi connectivity index (χ4n) is 2.67. The van der Waals surface area contributed by atoms with Crippen LogP contribution in [0.4, 0.5) is 5.69 Å². The fourth-order valence-corrected chi connectivity index (χ4v) is 3.35. The number of anilines is 1. The van der Waals surface area contributed by atoms with E-state index in [1.54, 1.807) is 22.9 Å². The van der Waals surface area contributed by atoms with Gasteiger partial charge in [0.05, 0.1) is 11.4 Å². The van der Waals surface area contributed by atoms with Crippen molar-refractivity contribution in [2.75, 3.05) is 17.9 Å². The lowest BCUT2D eigenvalue weighted by Crippen LogP contribution is -2.14. The summed E-state index contributed by atoms with van der Waals surface area (Å²) < 4.78 is 12.2. The number of nitrogens with zero attached hydrogens (tertiary/aromatic N) is 4. The van der Waals surface area contributed by atoms with E-state index in [0.717, 1.165) is 16.8 Å². The maximum absolute atomic E-state index is 12.3. The second-order valence-electron chi connectivity index (χ2n) is 6.07. The number of nitrogens with one attached hydrogen (secondary N) is 1. The van der Waals surface area contributed by atoms with Gasteiger partial charge in [0.1, 0.15) is 0 Å². The van der Waals surface area contributed by atoms with Crippen LogP contribution in [0.2, 0.25) is 0 Å². The summed E-state index contributed by atoms with van der Waals surface area (Å²) in [5, 5.41) is 15.3. The van der Waals surface area contributed by atoms with Crippen molar-refractivity contribution in [3.8, 4) is 17.2 Å². The van der Waals surface area contributed by atoms with Gasteiger partial charge >= 0.3 is 0 Å². The van der Waals surface area contributed by atoms with Gasteiger partial charge in [-0.3, -0.25) is 4.79 Å². The molecule has 138 valence electrons. The first-order valence-electron chi connectivity index (χ1n) is 8.28. The van der Waals surface area contributed by atoms with Crippen LogP contribution < -0.4 is 14.8 Å². The molecule has 0 bridgehead atoms. The zero-order valence-corrected chi connectivity index (χ0v) is 15.6. The van der Waals surface area contributed by atoms with Gasteiger partial charge in [-0.2, -0.15) is 4.68 Å². The Kier molecular flexibility index (Phi) is 4.68. The number of rotatable bonds is 5. The Morgan fingerprint density at radius 1 is 1.19 bits per heavy atom. The van der Waals surface area contributed by atoms with Crippen molar-refractivity contribution >= 4 is 23.4 Å². The van der Waals surface area contributed by atoms with Crippen molar-refractivity contribution in [1.82, 2.24) is 20.2 Å². The Hall–Kier alpha value is -3.07. The van der Waals surface area contributed by atoms with Gasteiger partial charge < -0.3 is 14.8 Å². The van der Waals surface area contributed by atoms with Gasteiger partial charge in [0, 0.05) is 11.8 Å². The van der Waals surface area contributed by atoms with Gasteiger partial charge in [-0.25, -0.2) is 0 Å². The average Bonchev–Trinajstić information content (AvgIpc) is 3.30. The van der Waals surface area contributed by atoms with Crippen molar-refractivity contribution in [1.29, 1.82) is 0 Å². The third-order valence-corrected chi connectivity index (χ3v) is 4.94. The molecular weight excluding hydrogens is 366 g/mol. The van der Waals surface area contributed by atoms with Gasteiger partial charge in [0.2, 0.25) is 17.9 Å². The molecule has 4 rings (SSSR count). The summed E-state index contributed by atoms with van der Waals surface area (Å²) in [6.07, 6.45) is 0. The second-order valence-corrected chi connectivity index (χ2v) is 7.01. The topological polar surface area (TPSA) is 91.2 Å². The van der Waals surface area contributed by atoms with Crippen molar-refractivity contribution in [3.05, 3.63) is 47.5 Å². The molecule has 1 aliphatic heterocycles. The highest BCUT2D eigenvalue weighted by Crippen LogP contribution is 2.34. The van der Waals surface area contributed by atoms with Gasteiger partial charge in [-0.05, 0) is 53.6 Å². The van der Waals surface area contributed by atoms with Gasteiger partial charge in [-0.1, -0.05) is 23.9 Å². The summed E-state index contributed by atoms with van der Waals surface area (Å²) in [6, 6.07) is 11.4. The van der Waals surface area contributed by atoms with Crippen LogP contribution in [0.5, 0.6) is 11.5 Å². The molecule has 2 heterocycles. The number of benzene rings is 2. The molecule has 0 atom stereocenters. The van der Waals surface area contributed by atoms with Crippen LogP contribution in [0.1, 0.15) is 11.1 Å². The predicted octanol–water partition coefficient (Wildman–Crippen LogP) is 2.74. The van der Waals surface area contributed by atoms with E-state index in [0.29, 0.717) is 22.3 Å². The minimum atomic E-state index is -0.158. The normalized spacial score (nSPS) is 12.2. The number of hydrogen-bond donors (Lipinski definition) is 1. The third kappa shape index (κ3) is 3.72. The van der Waals surface area contributed by atoms with Crippen LogP contribution in [-0.2, 0) is 4.79 Å². The highest BCUT2D eigenvalue weighted by Gasteiger charge is 2.16. The van der Waals surface area contributed by atoms with Crippen LogP contribution >= 0.6 is 11.8 Å². The molecule has 1 N–H and O–H groups in total. The smallest absolute Gasteiger partial charge is 0.234 e. The van der Waals surface area contributed by atoms with Crippen molar-refractivity contribution < 1.29 is 14.3 Å². The van der Waals surface area contributed by atoms with Crippen LogP contribution in [0, 0.1) is 13.8 Å². The summed E-state index contributed by atoms with van der Waals surface area (Å²) in [4.78, 5) is 12.3. The van der Waals surface area contributed by atoms with E-state index in [1.165, 1.54) is 11.8 Å². The van der Waals surface area contributed by atoms with E-state index in [2.05, 4.69) is 20.8 Å². The molecule has 0 radical (unpaired) electrons. The van der Waals surface area contributed by atoms with Crippen LogP contribution in [0.15, 0.2) is 41.6 Å². The first-order chi connectivity index (χ1) is 13.1. The zero-order valence-electron chi connectivity index (χ0n) is 14.8. The molecule has 8 nitrogen and oxygen atoms in total. The molecule has 1 aromatic heterocycles. The van der Waals surface area contributed by atoms with E-state index in [1.807, 2.05) is 32.0 Å². The summed E-state index contributed by atoms with van der Waals surface area (Å²) >= 11 is 1.27. The molecule has 0 spiro atoms. The Morgan fingerprint density at radius 2 is 2.04 bits per heavy atom. The number of carbonyl (C=O) groups is 1.